The number of aromatic nitrogens is 2. The van der Waals surface area contributed by atoms with E-state index in [1.165, 1.54) is 0 Å². The van der Waals surface area contributed by atoms with Gasteiger partial charge in [0, 0.05) is 0 Å². The minimum Gasteiger partial charge on any atom is -0.494 e. The molecule has 3 aromatic rings. The van der Waals surface area contributed by atoms with Crippen molar-refractivity contribution in [3.05, 3.63) is 64.7 Å². The van der Waals surface area contributed by atoms with Crippen molar-refractivity contribution in [2.24, 2.45) is 0 Å². The van der Waals surface area contributed by atoms with Crippen LogP contribution in [0.2, 0.25) is 0 Å². The number of unbranched alkanes of at least 4 members (excludes halogenated alkanes) is 1. The lowest BCUT2D eigenvalue weighted by molar-refractivity contribution is 0.340. The lowest BCUT2D eigenvalue weighted by Gasteiger charge is -2.20. The number of benzene rings is 2. The Morgan fingerprint density at radius 1 is 1.11 bits per heavy atom. The summed E-state index contributed by atoms with van der Waals surface area (Å²) in [7, 11) is 0. The zero-order valence-corrected chi connectivity index (χ0v) is 16.2. The summed E-state index contributed by atoms with van der Waals surface area (Å²) in [6.07, 6.45) is 2.21. The van der Waals surface area contributed by atoms with Crippen molar-refractivity contribution in [2.75, 3.05) is 13.2 Å². The van der Waals surface area contributed by atoms with Crippen LogP contribution in [-0.2, 0) is 0 Å². The van der Waals surface area contributed by atoms with Gasteiger partial charge < -0.3 is 10.1 Å². The fourth-order valence-electron chi connectivity index (χ4n) is 3.13. The highest BCUT2D eigenvalue weighted by molar-refractivity contribution is 5.77. The topological polar surface area (TPSA) is 56.2 Å². The Morgan fingerprint density at radius 2 is 1.85 bits per heavy atom. The van der Waals surface area contributed by atoms with Gasteiger partial charge in [-0.05, 0) is 63.2 Å². The number of para-hydroxylation sites is 1. The van der Waals surface area contributed by atoms with Crippen LogP contribution in [0.5, 0.6) is 5.75 Å². The van der Waals surface area contributed by atoms with E-state index in [0.717, 1.165) is 42.2 Å². The number of fused-ring (bicyclic) bond motifs is 1. The minimum atomic E-state index is -0.0519. The molecule has 1 atom stereocenters. The van der Waals surface area contributed by atoms with Crippen molar-refractivity contribution in [2.45, 2.75) is 39.7 Å². The molecule has 2 aromatic carbocycles. The van der Waals surface area contributed by atoms with Gasteiger partial charge >= 0.3 is 0 Å². The van der Waals surface area contributed by atoms with Crippen LogP contribution in [0.3, 0.4) is 0 Å². The molecule has 5 heteroatoms. The van der Waals surface area contributed by atoms with E-state index in [0.29, 0.717) is 12.0 Å². The first-order chi connectivity index (χ1) is 13.2. The smallest absolute Gasteiger partial charge is 0.266 e. The molecule has 0 fully saturated rings. The number of rotatable bonds is 8. The Hall–Kier alpha value is -2.66. The maximum Gasteiger partial charge on any atom is 0.266 e. The highest BCUT2D eigenvalue weighted by Gasteiger charge is 2.17. The van der Waals surface area contributed by atoms with E-state index in [1.807, 2.05) is 55.5 Å². The third kappa shape index (κ3) is 4.19. The average Bonchev–Trinajstić information content (AvgIpc) is 2.69. The van der Waals surface area contributed by atoms with Crippen molar-refractivity contribution in [1.29, 1.82) is 0 Å². The molecule has 0 unspecified atom stereocenters. The van der Waals surface area contributed by atoms with Crippen molar-refractivity contribution < 1.29 is 4.74 Å². The molecule has 3 rings (SSSR count). The third-order valence-electron chi connectivity index (χ3n) is 4.58. The Kier molecular flexibility index (Phi) is 6.24. The van der Waals surface area contributed by atoms with E-state index in [4.69, 9.17) is 9.72 Å². The number of nitrogens with one attached hydrogen (secondary N) is 1. The summed E-state index contributed by atoms with van der Waals surface area (Å²) in [4.78, 5) is 18.1. The van der Waals surface area contributed by atoms with Gasteiger partial charge in [0.1, 0.15) is 11.6 Å². The van der Waals surface area contributed by atoms with Crippen LogP contribution in [0.25, 0.3) is 16.6 Å². The van der Waals surface area contributed by atoms with Gasteiger partial charge in [-0.3, -0.25) is 9.36 Å². The van der Waals surface area contributed by atoms with Gasteiger partial charge in [0.15, 0.2) is 0 Å². The molecule has 0 radical (unpaired) electrons. The van der Waals surface area contributed by atoms with Crippen molar-refractivity contribution in [3.63, 3.8) is 0 Å². The second kappa shape index (κ2) is 8.82. The fraction of sp³-hybridized carbons (Fsp3) is 0.364. The highest BCUT2D eigenvalue weighted by atomic mass is 16.5. The van der Waals surface area contributed by atoms with Gasteiger partial charge in [0.25, 0.3) is 5.56 Å². The Labute approximate surface area is 160 Å². The van der Waals surface area contributed by atoms with E-state index < -0.39 is 0 Å². The van der Waals surface area contributed by atoms with Crippen molar-refractivity contribution >= 4 is 10.9 Å². The normalized spacial score (nSPS) is 12.3. The highest BCUT2D eigenvalue weighted by Crippen LogP contribution is 2.20. The van der Waals surface area contributed by atoms with Gasteiger partial charge in [-0.15, -0.1) is 0 Å². The average molecular weight is 365 g/mol. The standard InChI is InChI=1S/C22H27N3O2/c1-4-6-15-23-16(3)21-24-20-10-8-7-9-19(20)22(26)25(21)17-11-13-18(14-12-17)27-5-2/h7-14,16,23H,4-6,15H2,1-3H3/t16-/m1/s1. The summed E-state index contributed by atoms with van der Waals surface area (Å²) in [6.45, 7) is 7.67. The molecule has 0 saturated carbocycles. The van der Waals surface area contributed by atoms with E-state index in [9.17, 15) is 4.79 Å². The molecule has 0 aliphatic rings. The molecule has 1 N–H and O–H groups in total. The van der Waals surface area contributed by atoms with Crippen molar-refractivity contribution in [1.82, 2.24) is 14.9 Å². The lowest BCUT2D eigenvalue weighted by atomic mass is 10.2. The predicted octanol–water partition coefficient (Wildman–Crippen LogP) is 4.24. The second-order valence-corrected chi connectivity index (χ2v) is 6.58. The number of ether oxygens (including phenoxy) is 1. The summed E-state index contributed by atoms with van der Waals surface area (Å²) < 4.78 is 7.23. The molecule has 1 heterocycles. The first kappa shape index (κ1) is 19.1. The monoisotopic (exact) mass is 365 g/mol. The zero-order chi connectivity index (χ0) is 19.2. The number of hydrogen-bond donors (Lipinski definition) is 1. The Balaban J connectivity index is 2.11. The molecule has 5 nitrogen and oxygen atoms in total. The maximum atomic E-state index is 13.3. The van der Waals surface area contributed by atoms with Crippen LogP contribution in [0, 0.1) is 0 Å². The van der Waals surface area contributed by atoms with E-state index in [2.05, 4.69) is 19.2 Å². The zero-order valence-electron chi connectivity index (χ0n) is 16.2. The van der Waals surface area contributed by atoms with Crippen LogP contribution >= 0.6 is 0 Å². The molecule has 142 valence electrons. The van der Waals surface area contributed by atoms with Crippen LogP contribution in [0.1, 0.15) is 45.5 Å². The van der Waals surface area contributed by atoms with Gasteiger partial charge in [-0.25, -0.2) is 4.98 Å². The fourth-order valence-corrected chi connectivity index (χ4v) is 3.13. The minimum absolute atomic E-state index is 0.0413. The maximum absolute atomic E-state index is 13.3. The quantitative estimate of drug-likeness (QED) is 0.607. The van der Waals surface area contributed by atoms with Crippen LogP contribution in [0.4, 0.5) is 0 Å². The van der Waals surface area contributed by atoms with Crippen molar-refractivity contribution in [3.8, 4) is 11.4 Å². The van der Waals surface area contributed by atoms with Gasteiger partial charge in [0.05, 0.1) is 29.2 Å². The number of hydrogen-bond acceptors (Lipinski definition) is 4. The third-order valence-corrected chi connectivity index (χ3v) is 4.58. The molecule has 0 spiro atoms. The summed E-state index contributed by atoms with van der Waals surface area (Å²) in [5, 5.41) is 4.11. The number of nitrogens with zero attached hydrogens (tertiary/aromatic N) is 2. The van der Waals surface area contributed by atoms with Crippen LogP contribution in [0.15, 0.2) is 53.3 Å². The SMILES string of the molecule is CCCCN[C@H](C)c1nc2ccccc2c(=O)n1-c1ccc(OCC)cc1. The summed E-state index contributed by atoms with van der Waals surface area (Å²) in [6, 6.07) is 15.1. The molecule has 0 aliphatic heterocycles. The molecule has 0 amide bonds. The first-order valence-electron chi connectivity index (χ1n) is 9.64. The van der Waals surface area contributed by atoms with Gasteiger partial charge in [-0.1, -0.05) is 25.5 Å². The van der Waals surface area contributed by atoms with E-state index >= 15 is 0 Å². The van der Waals surface area contributed by atoms with E-state index in [-0.39, 0.29) is 11.6 Å². The van der Waals surface area contributed by atoms with E-state index in [1.54, 1.807) is 4.57 Å². The molecule has 0 bridgehead atoms. The Morgan fingerprint density at radius 3 is 2.56 bits per heavy atom. The molecule has 0 saturated heterocycles. The summed E-state index contributed by atoms with van der Waals surface area (Å²) >= 11 is 0. The Bertz CT molecular complexity index is 948. The van der Waals surface area contributed by atoms with Crippen LogP contribution in [-0.4, -0.2) is 22.7 Å². The summed E-state index contributed by atoms with van der Waals surface area (Å²) in [5.41, 5.74) is 1.47. The molecule has 0 aliphatic carbocycles. The van der Waals surface area contributed by atoms with Gasteiger partial charge in [-0.2, -0.15) is 0 Å². The summed E-state index contributed by atoms with van der Waals surface area (Å²) in [5.74, 6) is 1.51. The first-order valence-corrected chi connectivity index (χ1v) is 9.64. The van der Waals surface area contributed by atoms with Crippen LogP contribution < -0.4 is 15.6 Å². The predicted molar refractivity (Wildman–Crippen MR) is 110 cm³/mol. The molecule has 27 heavy (non-hydrogen) atoms. The largest absolute Gasteiger partial charge is 0.494 e. The molecular weight excluding hydrogens is 338 g/mol. The second-order valence-electron chi connectivity index (χ2n) is 6.58. The van der Waals surface area contributed by atoms with Gasteiger partial charge in [0.2, 0.25) is 0 Å². The molecule has 1 aromatic heterocycles. The molecular formula is C22H27N3O2. The lowest BCUT2D eigenvalue weighted by Crippen LogP contribution is -2.30.